The van der Waals surface area contributed by atoms with Crippen LogP contribution in [0.4, 0.5) is 34.1 Å². The minimum atomic E-state index is -0.611. The summed E-state index contributed by atoms with van der Waals surface area (Å²) in [5, 5.41) is 0. The van der Waals surface area contributed by atoms with Gasteiger partial charge >= 0.3 is 0 Å². The van der Waals surface area contributed by atoms with E-state index in [-0.39, 0.29) is 0 Å². The Hall–Kier alpha value is -9.19. The Morgan fingerprint density at radius 1 is 0.443 bits per heavy atom. The monoisotopic (exact) mass is 899 g/mol. The molecule has 5 nitrogen and oxygen atoms in total. The van der Waals surface area contributed by atoms with Crippen LogP contribution >= 0.6 is 0 Å². The molecule has 0 aliphatic heterocycles. The fourth-order valence-electron chi connectivity index (χ4n) is 10.8. The molecular weight excluding hydrogens is 855 g/mol. The van der Waals surface area contributed by atoms with E-state index in [1.54, 1.807) is 0 Å². The number of oxazole rings is 1. The number of nitrogens with zero attached hydrogens (tertiary/aromatic N) is 3. The molecule has 0 atom stereocenters. The lowest BCUT2D eigenvalue weighted by molar-refractivity contribution is 0.512. The lowest BCUT2D eigenvalue weighted by Crippen LogP contribution is -2.26. The maximum absolute atomic E-state index is 6.28. The van der Waals surface area contributed by atoms with Crippen LogP contribution in [0.1, 0.15) is 33.4 Å². The number of hydrogen-bond donors (Lipinski definition) is 0. The molecule has 11 aromatic rings. The first kappa shape index (κ1) is 41.0. The second kappa shape index (κ2) is 16.5. The van der Waals surface area contributed by atoms with E-state index in [0.29, 0.717) is 11.6 Å². The second-order valence-electron chi connectivity index (χ2n) is 18.0. The van der Waals surface area contributed by atoms with Crippen molar-refractivity contribution in [2.75, 3.05) is 9.80 Å². The Morgan fingerprint density at radius 2 is 0.900 bits per heavy atom. The molecule has 2 aliphatic carbocycles. The summed E-state index contributed by atoms with van der Waals surface area (Å²) in [6.07, 6.45) is 0. The lowest BCUT2D eigenvalue weighted by atomic mass is 9.70. The highest BCUT2D eigenvalue weighted by Gasteiger charge is 2.52. The van der Waals surface area contributed by atoms with Gasteiger partial charge in [-0.3, -0.25) is 0 Å². The number of rotatable bonds is 10. The molecule has 10 aromatic carbocycles. The topological polar surface area (TPSA) is 41.7 Å². The Morgan fingerprint density at radius 3 is 1.47 bits per heavy atom. The molecule has 0 amide bonds. The molecule has 1 aromatic heterocycles. The first-order chi connectivity index (χ1) is 34.5. The highest BCUT2D eigenvalue weighted by Crippen LogP contribution is 2.64. The van der Waals surface area contributed by atoms with Gasteiger partial charge in [-0.1, -0.05) is 134 Å². The summed E-state index contributed by atoms with van der Waals surface area (Å²) < 4.78 is 12.5. The van der Waals surface area contributed by atoms with Crippen molar-refractivity contribution in [1.82, 2.24) is 4.98 Å². The fraction of sp³-hybridized carbons (Fsp3) is 0.0308. The van der Waals surface area contributed by atoms with Crippen LogP contribution in [0.3, 0.4) is 0 Å². The van der Waals surface area contributed by atoms with Crippen LogP contribution in [0.25, 0.3) is 50.6 Å². The van der Waals surface area contributed by atoms with E-state index in [1.807, 2.05) is 55.5 Å². The molecular formula is C65H45N3O2. The molecule has 1 spiro atoms. The number of aromatic nitrogens is 1. The van der Waals surface area contributed by atoms with Crippen LogP contribution in [0, 0.1) is 6.92 Å². The Kier molecular flexibility index (Phi) is 9.70. The third-order valence-corrected chi connectivity index (χ3v) is 14.0. The molecule has 1 heterocycles. The smallest absolute Gasteiger partial charge is 0.227 e. The summed E-state index contributed by atoms with van der Waals surface area (Å²) in [4.78, 5) is 9.50. The van der Waals surface area contributed by atoms with Gasteiger partial charge in [0.15, 0.2) is 5.58 Å². The molecule has 13 rings (SSSR count). The van der Waals surface area contributed by atoms with Crippen molar-refractivity contribution < 1.29 is 9.15 Å². The predicted molar refractivity (Wildman–Crippen MR) is 286 cm³/mol. The van der Waals surface area contributed by atoms with Crippen molar-refractivity contribution in [3.63, 3.8) is 0 Å². The molecule has 0 saturated heterocycles. The van der Waals surface area contributed by atoms with Crippen molar-refractivity contribution in [3.05, 3.63) is 283 Å². The van der Waals surface area contributed by atoms with Gasteiger partial charge in [-0.2, -0.15) is 0 Å². The van der Waals surface area contributed by atoms with Gasteiger partial charge in [0.2, 0.25) is 5.89 Å². The molecule has 0 unspecified atom stereocenters. The minimum Gasteiger partial charge on any atom is -0.457 e. The summed E-state index contributed by atoms with van der Waals surface area (Å²) in [5.74, 6) is 2.01. The third kappa shape index (κ3) is 6.58. The molecule has 0 N–H and O–H groups in total. The number of fused-ring (bicyclic) bond motifs is 11. The first-order valence-corrected chi connectivity index (χ1v) is 23.7. The molecule has 0 radical (unpaired) electrons. The number of ether oxygens (including phenoxy) is 1. The summed E-state index contributed by atoms with van der Waals surface area (Å²) in [7, 11) is 0. The largest absolute Gasteiger partial charge is 0.457 e. The van der Waals surface area contributed by atoms with E-state index in [1.165, 1.54) is 44.5 Å². The Labute approximate surface area is 407 Å². The molecule has 70 heavy (non-hydrogen) atoms. The van der Waals surface area contributed by atoms with Crippen molar-refractivity contribution in [2.45, 2.75) is 12.3 Å². The SMILES string of the molecule is C=C(Oc1ccccc1C)c1ccc(N(c2ccccc2)c2ccc3c(c2)C2(c4ccccc4-c4ccccc42)c2cc(N(c4ccccc4)c4ccc(-c5nc6ccccc6o5)cc4)ccc2-3)cc1. The second-order valence-corrected chi connectivity index (χ2v) is 18.0. The van der Waals surface area contributed by atoms with Crippen LogP contribution in [-0.2, 0) is 5.41 Å². The molecule has 0 fully saturated rings. The van der Waals surface area contributed by atoms with Crippen molar-refractivity contribution in [1.29, 1.82) is 0 Å². The zero-order valence-corrected chi connectivity index (χ0v) is 38.5. The van der Waals surface area contributed by atoms with Crippen molar-refractivity contribution in [3.8, 4) is 39.5 Å². The quantitative estimate of drug-likeness (QED) is 0.128. The number of anilines is 6. The fourth-order valence-corrected chi connectivity index (χ4v) is 10.8. The maximum Gasteiger partial charge on any atom is 0.227 e. The van der Waals surface area contributed by atoms with Crippen LogP contribution in [-0.4, -0.2) is 4.98 Å². The lowest BCUT2D eigenvalue weighted by Gasteiger charge is -2.33. The number of para-hydroxylation sites is 5. The number of hydrogen-bond acceptors (Lipinski definition) is 5. The molecule has 0 bridgehead atoms. The van der Waals surface area contributed by atoms with Gasteiger partial charge in [0.25, 0.3) is 0 Å². The van der Waals surface area contributed by atoms with Crippen LogP contribution in [0.2, 0.25) is 0 Å². The van der Waals surface area contributed by atoms with Crippen LogP contribution in [0.5, 0.6) is 5.75 Å². The molecule has 332 valence electrons. The molecule has 0 saturated carbocycles. The molecule has 5 heteroatoms. The van der Waals surface area contributed by atoms with Gasteiger partial charge in [-0.15, -0.1) is 0 Å². The zero-order chi connectivity index (χ0) is 46.8. The summed E-state index contributed by atoms with van der Waals surface area (Å²) in [6.45, 7) is 6.37. The normalized spacial score (nSPS) is 12.5. The van der Waals surface area contributed by atoms with E-state index in [4.69, 9.17) is 14.1 Å². The Balaban J connectivity index is 0.961. The summed E-state index contributed by atoms with van der Waals surface area (Å²) >= 11 is 0. The van der Waals surface area contributed by atoms with Gasteiger partial charge in [-0.05, 0) is 172 Å². The minimum absolute atomic E-state index is 0.602. The van der Waals surface area contributed by atoms with E-state index >= 15 is 0 Å². The summed E-state index contributed by atoms with van der Waals surface area (Å²) in [6, 6.07) is 86.3. The van der Waals surface area contributed by atoms with E-state index in [9.17, 15) is 0 Å². The van der Waals surface area contributed by atoms with Gasteiger partial charge in [0, 0.05) is 45.3 Å². The van der Waals surface area contributed by atoms with Gasteiger partial charge in [0.05, 0.1) is 5.41 Å². The molecule has 2 aliphatic rings. The third-order valence-electron chi connectivity index (χ3n) is 14.0. The van der Waals surface area contributed by atoms with Crippen LogP contribution in [0.15, 0.2) is 254 Å². The van der Waals surface area contributed by atoms with E-state index in [2.05, 4.69) is 211 Å². The van der Waals surface area contributed by atoms with Crippen molar-refractivity contribution in [2.24, 2.45) is 0 Å². The maximum atomic E-state index is 6.28. The van der Waals surface area contributed by atoms with Crippen LogP contribution < -0.4 is 14.5 Å². The number of benzene rings is 10. The average molecular weight is 900 g/mol. The van der Waals surface area contributed by atoms with E-state index in [0.717, 1.165) is 67.7 Å². The standard InChI is InChI=1S/C65H45N3O2/c1-43-17-9-15-27-62(43)69-44(2)45-29-33-49(34-30-45)67(47-18-5-3-6-19-47)51-37-39-55-56-40-38-52(42-60(56)65(59(55)41-51)57-24-12-10-22-53(57)54-23-11-13-25-58(54)65)68(48-20-7-4-8-21-48)50-35-31-46(32-36-50)64-66-61-26-14-16-28-63(61)70-64/h3-42H,2H2,1H3. The van der Waals surface area contributed by atoms with Gasteiger partial charge < -0.3 is 19.0 Å². The Bertz CT molecular complexity index is 3700. The zero-order valence-electron chi connectivity index (χ0n) is 38.5. The highest BCUT2D eigenvalue weighted by atomic mass is 16.5. The van der Waals surface area contributed by atoms with Gasteiger partial charge in [0.1, 0.15) is 17.0 Å². The van der Waals surface area contributed by atoms with E-state index < -0.39 is 5.41 Å². The van der Waals surface area contributed by atoms with Gasteiger partial charge in [-0.25, -0.2) is 4.98 Å². The number of aryl methyl sites for hydroxylation is 1. The predicted octanol–water partition coefficient (Wildman–Crippen LogP) is 17.1. The van der Waals surface area contributed by atoms with Crippen molar-refractivity contribution >= 4 is 51.0 Å². The summed E-state index contributed by atoms with van der Waals surface area (Å²) in [5.41, 5.74) is 20.2. The first-order valence-electron chi connectivity index (χ1n) is 23.7. The average Bonchev–Trinajstić information content (AvgIpc) is 4.08. The highest BCUT2D eigenvalue weighted by molar-refractivity contribution is 5.97.